The Morgan fingerprint density at radius 2 is 2.00 bits per heavy atom. The van der Waals surface area contributed by atoms with Gasteiger partial charge in [0.2, 0.25) is 0 Å². The highest BCUT2D eigenvalue weighted by Crippen LogP contribution is 2.38. The van der Waals surface area contributed by atoms with Crippen LogP contribution in [0.25, 0.3) is 10.1 Å². The first-order valence-electron chi connectivity index (χ1n) is 4.70. The van der Waals surface area contributed by atoms with Crippen LogP contribution in [-0.4, -0.2) is 22.1 Å². The monoisotopic (exact) mass is 258 g/mol. The fraction of sp³-hybridized carbons (Fsp3) is 0.182. The van der Waals surface area contributed by atoms with E-state index in [9.17, 15) is 18.7 Å². The van der Waals surface area contributed by atoms with Crippen molar-refractivity contribution in [3.8, 4) is 0 Å². The summed E-state index contributed by atoms with van der Waals surface area (Å²) in [5, 5.41) is 19.7. The van der Waals surface area contributed by atoms with E-state index >= 15 is 0 Å². The van der Waals surface area contributed by atoms with Gasteiger partial charge in [-0.15, -0.1) is 11.3 Å². The summed E-state index contributed by atoms with van der Waals surface area (Å²) in [4.78, 5) is 10.4. The van der Waals surface area contributed by atoms with Gasteiger partial charge >= 0.3 is 11.9 Å². The Labute approximate surface area is 98.9 Å². The van der Waals surface area contributed by atoms with E-state index < -0.39 is 18.0 Å². The van der Waals surface area contributed by atoms with Crippen LogP contribution in [0.15, 0.2) is 29.6 Å². The Bertz CT molecular complexity index is 565. The third-order valence-corrected chi connectivity index (χ3v) is 3.42. The van der Waals surface area contributed by atoms with Crippen molar-refractivity contribution in [2.75, 3.05) is 0 Å². The molecule has 90 valence electrons. The zero-order chi connectivity index (χ0) is 12.6. The molecular weight excluding hydrogens is 250 g/mol. The number of fused-ring (bicyclic) bond motifs is 1. The molecule has 1 aromatic carbocycles. The van der Waals surface area contributed by atoms with Crippen LogP contribution in [0.2, 0.25) is 0 Å². The van der Waals surface area contributed by atoms with E-state index in [4.69, 9.17) is 5.11 Å². The highest BCUT2D eigenvalue weighted by Gasteiger charge is 2.48. The molecule has 0 saturated heterocycles. The molecule has 6 heteroatoms. The molecule has 1 aromatic heterocycles. The quantitative estimate of drug-likeness (QED) is 0.889. The van der Waals surface area contributed by atoms with Gasteiger partial charge in [-0.2, -0.15) is 8.78 Å². The number of hydrogen-bond acceptors (Lipinski definition) is 3. The second-order valence-corrected chi connectivity index (χ2v) is 4.43. The summed E-state index contributed by atoms with van der Waals surface area (Å²) in [7, 11) is 0. The number of rotatable bonds is 3. The zero-order valence-corrected chi connectivity index (χ0v) is 9.25. The lowest BCUT2D eigenvalue weighted by Gasteiger charge is -2.17. The first-order valence-corrected chi connectivity index (χ1v) is 5.58. The van der Waals surface area contributed by atoms with Crippen LogP contribution >= 0.6 is 11.3 Å². The van der Waals surface area contributed by atoms with Crippen molar-refractivity contribution < 1.29 is 23.8 Å². The molecule has 0 radical (unpaired) electrons. The largest absolute Gasteiger partial charge is 0.477 e. The summed E-state index contributed by atoms with van der Waals surface area (Å²) in [6.07, 6.45) is -2.34. The van der Waals surface area contributed by atoms with Crippen LogP contribution in [0, 0.1) is 0 Å². The van der Waals surface area contributed by atoms with Gasteiger partial charge in [0.15, 0.2) is 6.10 Å². The highest BCUT2D eigenvalue weighted by atomic mass is 32.1. The summed E-state index contributed by atoms with van der Waals surface area (Å²) in [5.41, 5.74) is -0.0574. The molecule has 0 aliphatic carbocycles. The number of benzene rings is 1. The fourth-order valence-electron chi connectivity index (χ4n) is 1.52. The predicted octanol–water partition coefficient (Wildman–Crippen LogP) is 2.65. The van der Waals surface area contributed by atoms with Crippen molar-refractivity contribution >= 4 is 27.4 Å². The molecule has 2 aromatic rings. The standard InChI is InChI=1S/C11H8F2O3S/c12-11(13,10(15)16)9(14)7-5-17-8-4-2-1-3-6(7)8/h1-5,9,14H,(H,15,16). The van der Waals surface area contributed by atoms with Crippen molar-refractivity contribution in [1.82, 2.24) is 0 Å². The number of carboxylic acid groups (broad SMARTS) is 1. The minimum atomic E-state index is -4.19. The Hall–Kier alpha value is -1.53. The minimum Gasteiger partial charge on any atom is -0.477 e. The SMILES string of the molecule is O=C(O)C(F)(F)C(O)c1csc2ccccc12. The molecule has 1 unspecified atom stereocenters. The van der Waals surface area contributed by atoms with Crippen LogP contribution in [0.5, 0.6) is 0 Å². The van der Waals surface area contributed by atoms with Gasteiger partial charge in [0, 0.05) is 10.3 Å². The molecular formula is C11H8F2O3S. The van der Waals surface area contributed by atoms with Gasteiger partial charge in [-0.3, -0.25) is 0 Å². The van der Waals surface area contributed by atoms with Crippen molar-refractivity contribution in [3.05, 3.63) is 35.2 Å². The lowest BCUT2D eigenvalue weighted by molar-refractivity contribution is -0.182. The molecule has 2 N–H and O–H groups in total. The average Bonchev–Trinajstić information content (AvgIpc) is 2.71. The summed E-state index contributed by atoms with van der Waals surface area (Å²) >= 11 is 1.18. The predicted molar refractivity (Wildman–Crippen MR) is 59.4 cm³/mol. The normalized spacial score (nSPS) is 13.8. The van der Waals surface area contributed by atoms with E-state index in [1.165, 1.54) is 16.7 Å². The lowest BCUT2D eigenvalue weighted by Crippen LogP contribution is -2.35. The van der Waals surface area contributed by atoms with Gasteiger partial charge in [-0.05, 0) is 16.8 Å². The molecule has 0 saturated carbocycles. The number of carbonyl (C=O) groups is 1. The van der Waals surface area contributed by atoms with E-state index in [0.29, 0.717) is 5.39 Å². The second kappa shape index (κ2) is 4.05. The van der Waals surface area contributed by atoms with E-state index in [-0.39, 0.29) is 5.56 Å². The Morgan fingerprint density at radius 3 is 2.65 bits per heavy atom. The van der Waals surface area contributed by atoms with E-state index in [1.807, 2.05) is 0 Å². The van der Waals surface area contributed by atoms with Gasteiger partial charge in [-0.1, -0.05) is 18.2 Å². The van der Waals surface area contributed by atoms with Crippen LogP contribution in [0.1, 0.15) is 11.7 Å². The number of aliphatic hydroxyl groups excluding tert-OH is 1. The first-order chi connectivity index (χ1) is 7.94. The molecule has 0 fully saturated rings. The Balaban J connectivity index is 2.50. The fourth-order valence-corrected chi connectivity index (χ4v) is 2.50. The van der Waals surface area contributed by atoms with Crippen molar-refractivity contribution in [2.24, 2.45) is 0 Å². The maximum absolute atomic E-state index is 13.2. The number of hydrogen-bond donors (Lipinski definition) is 2. The van der Waals surface area contributed by atoms with Crippen LogP contribution in [-0.2, 0) is 4.79 Å². The maximum Gasteiger partial charge on any atom is 0.377 e. The Kier molecular flexibility index (Phi) is 2.84. The topological polar surface area (TPSA) is 57.5 Å². The summed E-state index contributed by atoms with van der Waals surface area (Å²) in [6.45, 7) is 0. The number of thiophene rings is 1. The summed E-state index contributed by atoms with van der Waals surface area (Å²) in [6, 6.07) is 6.67. The van der Waals surface area contributed by atoms with E-state index in [0.717, 1.165) is 4.70 Å². The number of halogens is 2. The van der Waals surface area contributed by atoms with E-state index in [2.05, 4.69) is 0 Å². The molecule has 0 spiro atoms. The third-order valence-electron chi connectivity index (χ3n) is 2.43. The van der Waals surface area contributed by atoms with Gasteiger partial charge in [0.25, 0.3) is 0 Å². The van der Waals surface area contributed by atoms with Gasteiger partial charge in [-0.25, -0.2) is 4.79 Å². The van der Waals surface area contributed by atoms with Gasteiger partial charge < -0.3 is 10.2 Å². The first kappa shape index (κ1) is 11.9. The van der Waals surface area contributed by atoms with Crippen LogP contribution < -0.4 is 0 Å². The maximum atomic E-state index is 13.2. The molecule has 0 amide bonds. The molecule has 1 heterocycles. The molecule has 0 aliphatic heterocycles. The second-order valence-electron chi connectivity index (χ2n) is 3.52. The molecule has 0 bridgehead atoms. The van der Waals surface area contributed by atoms with Gasteiger partial charge in [0.05, 0.1) is 0 Å². The minimum absolute atomic E-state index is 0.0574. The third kappa shape index (κ3) is 1.89. The molecule has 3 nitrogen and oxygen atoms in total. The molecule has 1 atom stereocenters. The molecule has 0 aliphatic rings. The highest BCUT2D eigenvalue weighted by molar-refractivity contribution is 7.17. The zero-order valence-electron chi connectivity index (χ0n) is 8.43. The number of aliphatic carboxylic acids is 1. The van der Waals surface area contributed by atoms with Crippen molar-refractivity contribution in [3.63, 3.8) is 0 Å². The van der Waals surface area contributed by atoms with Gasteiger partial charge in [0.1, 0.15) is 0 Å². The number of aliphatic hydroxyl groups is 1. The van der Waals surface area contributed by atoms with Crippen molar-refractivity contribution in [2.45, 2.75) is 12.0 Å². The van der Waals surface area contributed by atoms with E-state index in [1.54, 1.807) is 24.3 Å². The summed E-state index contributed by atoms with van der Waals surface area (Å²) in [5.74, 6) is -6.52. The summed E-state index contributed by atoms with van der Waals surface area (Å²) < 4.78 is 27.1. The Morgan fingerprint density at radius 1 is 1.35 bits per heavy atom. The lowest BCUT2D eigenvalue weighted by atomic mass is 10.0. The van der Waals surface area contributed by atoms with Crippen molar-refractivity contribution in [1.29, 1.82) is 0 Å². The average molecular weight is 258 g/mol. The van der Waals surface area contributed by atoms with Crippen LogP contribution in [0.4, 0.5) is 8.78 Å². The molecule has 17 heavy (non-hydrogen) atoms. The number of carboxylic acids is 1. The smallest absolute Gasteiger partial charge is 0.377 e. The number of alkyl halides is 2. The molecule has 2 rings (SSSR count). The van der Waals surface area contributed by atoms with Crippen LogP contribution in [0.3, 0.4) is 0 Å².